The van der Waals surface area contributed by atoms with Gasteiger partial charge in [-0.3, -0.25) is 4.79 Å². The van der Waals surface area contributed by atoms with Crippen molar-refractivity contribution in [2.45, 2.75) is 31.7 Å². The van der Waals surface area contributed by atoms with Crippen molar-refractivity contribution in [2.24, 2.45) is 0 Å². The van der Waals surface area contributed by atoms with E-state index in [4.69, 9.17) is 18.9 Å². The van der Waals surface area contributed by atoms with Crippen LogP contribution in [0.1, 0.15) is 29.5 Å². The Balaban J connectivity index is 1.25. The molecule has 5 rings (SSSR count). The predicted octanol–water partition coefficient (Wildman–Crippen LogP) is 4.93. The second-order valence-electron chi connectivity index (χ2n) is 9.31. The van der Waals surface area contributed by atoms with Crippen LogP contribution in [0.25, 0.3) is 11.1 Å². The molecule has 1 fully saturated rings. The number of carbonyl (C=O) groups is 2. The quantitative estimate of drug-likeness (QED) is 0.403. The van der Waals surface area contributed by atoms with Gasteiger partial charge in [-0.05, 0) is 71.8 Å². The van der Waals surface area contributed by atoms with Crippen LogP contribution in [0.15, 0.2) is 60.7 Å². The zero-order valence-corrected chi connectivity index (χ0v) is 21.0. The first-order chi connectivity index (χ1) is 18.0. The van der Waals surface area contributed by atoms with Crippen molar-refractivity contribution in [3.63, 3.8) is 0 Å². The fraction of sp³-hybridized carbons (Fsp3) is 0.310. The second-order valence-corrected chi connectivity index (χ2v) is 9.31. The fourth-order valence-electron chi connectivity index (χ4n) is 4.47. The highest BCUT2D eigenvalue weighted by Gasteiger charge is 2.51. The molecule has 2 N–H and O–H groups in total. The van der Waals surface area contributed by atoms with Crippen molar-refractivity contribution in [1.29, 1.82) is 0 Å². The smallest absolute Gasteiger partial charge is 0.407 e. The Kier molecular flexibility index (Phi) is 7.01. The highest BCUT2D eigenvalue weighted by atomic mass is 16.7. The summed E-state index contributed by atoms with van der Waals surface area (Å²) in [6.07, 6.45) is 1.12. The molecule has 8 heteroatoms. The van der Waals surface area contributed by atoms with Crippen LogP contribution >= 0.6 is 0 Å². The molecule has 0 unspecified atom stereocenters. The molecule has 2 amide bonds. The van der Waals surface area contributed by atoms with E-state index in [0.29, 0.717) is 24.7 Å². The van der Waals surface area contributed by atoms with Gasteiger partial charge in [0.2, 0.25) is 12.7 Å². The predicted molar refractivity (Wildman–Crippen MR) is 139 cm³/mol. The van der Waals surface area contributed by atoms with Crippen molar-refractivity contribution in [3.05, 3.63) is 77.4 Å². The summed E-state index contributed by atoms with van der Waals surface area (Å²) in [5.41, 5.74) is 5.28. The lowest BCUT2D eigenvalue weighted by molar-refractivity contribution is -0.118. The minimum absolute atomic E-state index is 0.0139. The number of rotatable bonds is 9. The van der Waals surface area contributed by atoms with Gasteiger partial charge in [0.05, 0.1) is 12.0 Å². The van der Waals surface area contributed by atoms with E-state index in [0.717, 1.165) is 46.3 Å². The molecule has 2 aliphatic rings. The molecule has 0 radical (unpaired) electrons. The zero-order valence-electron chi connectivity index (χ0n) is 21.0. The summed E-state index contributed by atoms with van der Waals surface area (Å²) in [6, 6.07) is 19.6. The summed E-state index contributed by atoms with van der Waals surface area (Å²) in [7, 11) is 1.55. The summed E-state index contributed by atoms with van der Waals surface area (Å²) in [5, 5.41) is 5.86. The van der Waals surface area contributed by atoms with Crippen LogP contribution < -0.4 is 20.1 Å². The highest BCUT2D eigenvalue weighted by molar-refractivity contribution is 6.02. The Morgan fingerprint density at radius 3 is 2.49 bits per heavy atom. The van der Waals surface area contributed by atoms with Crippen LogP contribution in [0.5, 0.6) is 11.5 Å². The van der Waals surface area contributed by atoms with Gasteiger partial charge in [-0.1, -0.05) is 36.4 Å². The normalized spacial score (nSPS) is 14.6. The molecule has 3 aromatic rings. The molecule has 1 saturated carbocycles. The maximum Gasteiger partial charge on any atom is 0.407 e. The SMILES string of the molecule is COCCOC(=O)NCc1ccc(-c2cc(NC(=O)C3(c4ccc5c(c4)OCO5)CC3)ccc2C)cc1. The third kappa shape index (κ3) is 5.39. The molecule has 0 atom stereocenters. The van der Waals surface area contributed by atoms with E-state index in [2.05, 4.69) is 10.6 Å². The van der Waals surface area contributed by atoms with Crippen molar-refractivity contribution >= 4 is 17.7 Å². The van der Waals surface area contributed by atoms with E-state index >= 15 is 0 Å². The first kappa shape index (κ1) is 24.6. The number of carbonyl (C=O) groups excluding carboxylic acids is 2. The van der Waals surface area contributed by atoms with Crippen LogP contribution in [0.2, 0.25) is 0 Å². The number of alkyl carbamates (subject to hydrolysis) is 1. The molecule has 37 heavy (non-hydrogen) atoms. The average molecular weight is 503 g/mol. The van der Waals surface area contributed by atoms with Crippen LogP contribution in [0, 0.1) is 6.92 Å². The third-order valence-electron chi connectivity index (χ3n) is 6.83. The molecule has 0 bridgehead atoms. The van der Waals surface area contributed by atoms with Crippen LogP contribution in [0.3, 0.4) is 0 Å². The van der Waals surface area contributed by atoms with Gasteiger partial charge in [0, 0.05) is 19.3 Å². The highest BCUT2D eigenvalue weighted by Crippen LogP contribution is 2.51. The van der Waals surface area contributed by atoms with E-state index in [-0.39, 0.29) is 19.3 Å². The van der Waals surface area contributed by atoms with E-state index < -0.39 is 11.5 Å². The molecule has 192 valence electrons. The lowest BCUT2D eigenvalue weighted by Gasteiger charge is -2.17. The molecule has 0 saturated heterocycles. The number of methoxy groups -OCH3 is 1. The molecular formula is C29H30N2O6. The topological polar surface area (TPSA) is 95.1 Å². The summed E-state index contributed by atoms with van der Waals surface area (Å²) in [4.78, 5) is 25.1. The first-order valence-electron chi connectivity index (χ1n) is 12.3. The Morgan fingerprint density at radius 2 is 1.73 bits per heavy atom. The van der Waals surface area contributed by atoms with E-state index in [1.54, 1.807) is 7.11 Å². The molecular weight excluding hydrogens is 472 g/mol. The van der Waals surface area contributed by atoms with Gasteiger partial charge in [0.15, 0.2) is 11.5 Å². The Labute approximate surface area is 215 Å². The molecule has 3 aromatic carbocycles. The Morgan fingerprint density at radius 1 is 0.946 bits per heavy atom. The maximum atomic E-state index is 13.3. The number of ether oxygens (including phenoxy) is 4. The van der Waals surface area contributed by atoms with Crippen molar-refractivity contribution in [3.8, 4) is 22.6 Å². The summed E-state index contributed by atoms with van der Waals surface area (Å²) in [6.45, 7) is 3.19. The van der Waals surface area contributed by atoms with Gasteiger partial charge >= 0.3 is 6.09 Å². The summed E-state index contributed by atoms with van der Waals surface area (Å²) in [5.74, 6) is 1.39. The molecule has 1 heterocycles. The number of anilines is 1. The number of nitrogens with one attached hydrogen (secondary N) is 2. The molecule has 0 aromatic heterocycles. The zero-order chi connectivity index (χ0) is 25.8. The van der Waals surface area contributed by atoms with Crippen molar-refractivity contribution in [2.75, 3.05) is 32.4 Å². The monoisotopic (exact) mass is 502 g/mol. The number of fused-ring (bicyclic) bond motifs is 1. The third-order valence-corrected chi connectivity index (χ3v) is 6.83. The maximum absolute atomic E-state index is 13.3. The number of aryl methyl sites for hydroxylation is 1. The standard InChI is InChI=1S/C29H30N2O6/c1-19-3-9-23(31-27(32)29(11-12-29)22-8-10-25-26(15-22)37-18-36-25)16-24(19)21-6-4-20(5-7-21)17-30-28(33)35-14-13-34-2/h3-10,15-16H,11-14,17-18H2,1-2H3,(H,30,33)(H,31,32). The number of hydrogen-bond acceptors (Lipinski definition) is 6. The van der Waals surface area contributed by atoms with Gasteiger partial charge in [-0.15, -0.1) is 0 Å². The number of benzene rings is 3. The Hall–Kier alpha value is -4.04. The molecule has 1 aliphatic carbocycles. The van der Waals surface area contributed by atoms with Gasteiger partial charge in [0.1, 0.15) is 6.61 Å². The van der Waals surface area contributed by atoms with Crippen LogP contribution in [-0.2, 0) is 26.2 Å². The molecule has 8 nitrogen and oxygen atoms in total. The van der Waals surface area contributed by atoms with Gasteiger partial charge in [-0.2, -0.15) is 0 Å². The van der Waals surface area contributed by atoms with E-state index in [9.17, 15) is 9.59 Å². The van der Waals surface area contributed by atoms with E-state index in [1.165, 1.54) is 0 Å². The number of amides is 2. The summed E-state index contributed by atoms with van der Waals surface area (Å²) >= 11 is 0. The lowest BCUT2D eigenvalue weighted by atomic mass is 9.94. The largest absolute Gasteiger partial charge is 0.454 e. The minimum Gasteiger partial charge on any atom is -0.454 e. The van der Waals surface area contributed by atoms with Gasteiger partial charge in [0.25, 0.3) is 0 Å². The minimum atomic E-state index is -0.536. The van der Waals surface area contributed by atoms with Crippen molar-refractivity contribution < 1.29 is 28.5 Å². The number of hydrogen-bond donors (Lipinski definition) is 2. The van der Waals surface area contributed by atoms with Crippen LogP contribution in [0.4, 0.5) is 10.5 Å². The molecule has 1 aliphatic heterocycles. The van der Waals surface area contributed by atoms with Gasteiger partial charge in [-0.25, -0.2) is 4.79 Å². The van der Waals surface area contributed by atoms with Gasteiger partial charge < -0.3 is 29.6 Å². The molecule has 0 spiro atoms. The van der Waals surface area contributed by atoms with Crippen LogP contribution in [-0.4, -0.2) is 39.1 Å². The summed E-state index contributed by atoms with van der Waals surface area (Å²) < 4.78 is 20.8. The first-order valence-corrected chi connectivity index (χ1v) is 12.3. The fourth-order valence-corrected chi connectivity index (χ4v) is 4.47. The van der Waals surface area contributed by atoms with E-state index in [1.807, 2.05) is 67.6 Å². The van der Waals surface area contributed by atoms with Crippen molar-refractivity contribution in [1.82, 2.24) is 5.32 Å². The average Bonchev–Trinajstić information content (AvgIpc) is 3.60. The second kappa shape index (κ2) is 10.5. The lowest BCUT2D eigenvalue weighted by Crippen LogP contribution is -2.27. The Bertz CT molecular complexity index is 1300.